The van der Waals surface area contributed by atoms with E-state index >= 15 is 0 Å². The summed E-state index contributed by atoms with van der Waals surface area (Å²) in [5.74, 6) is 0. The first kappa shape index (κ1) is 14.9. The standard InChI is InChI=1S/C12H17N3O4S/c13-9-12(7-1-2-8-12)14-20(18,19)11-5-3-10(4-6-11)15(16)17/h3-6,14H,1-2,7-9,13H2. The number of nitrogens with one attached hydrogen (secondary N) is 1. The second-order valence-electron chi connectivity index (χ2n) is 5.05. The second kappa shape index (κ2) is 5.47. The van der Waals surface area contributed by atoms with Crippen LogP contribution in [0.15, 0.2) is 29.2 Å². The number of nitro groups is 1. The van der Waals surface area contributed by atoms with E-state index in [1.807, 2.05) is 0 Å². The molecule has 0 bridgehead atoms. The molecule has 1 saturated carbocycles. The van der Waals surface area contributed by atoms with Crippen LogP contribution in [0, 0.1) is 10.1 Å². The fourth-order valence-electron chi connectivity index (χ4n) is 2.49. The zero-order valence-electron chi connectivity index (χ0n) is 10.9. The van der Waals surface area contributed by atoms with Crippen molar-refractivity contribution in [1.29, 1.82) is 0 Å². The molecule has 0 unspecified atom stereocenters. The van der Waals surface area contributed by atoms with Crippen molar-refractivity contribution in [3.05, 3.63) is 34.4 Å². The van der Waals surface area contributed by atoms with Crippen LogP contribution in [0.25, 0.3) is 0 Å². The summed E-state index contributed by atoms with van der Waals surface area (Å²) in [7, 11) is -3.71. The Labute approximate surface area is 117 Å². The molecule has 3 N–H and O–H groups in total. The van der Waals surface area contributed by atoms with Crippen molar-refractivity contribution in [1.82, 2.24) is 4.72 Å². The maximum atomic E-state index is 12.3. The molecule has 1 aliphatic carbocycles. The molecule has 0 aromatic heterocycles. The van der Waals surface area contributed by atoms with Crippen LogP contribution >= 0.6 is 0 Å². The zero-order valence-corrected chi connectivity index (χ0v) is 11.7. The fourth-order valence-corrected chi connectivity index (χ4v) is 3.96. The summed E-state index contributed by atoms with van der Waals surface area (Å²) in [5.41, 5.74) is 4.98. The van der Waals surface area contributed by atoms with Crippen molar-refractivity contribution < 1.29 is 13.3 Å². The summed E-state index contributed by atoms with van der Waals surface area (Å²) in [6, 6.07) is 4.83. The van der Waals surface area contributed by atoms with Gasteiger partial charge in [0.2, 0.25) is 10.0 Å². The molecule has 7 nitrogen and oxygen atoms in total. The molecule has 1 aromatic carbocycles. The fraction of sp³-hybridized carbons (Fsp3) is 0.500. The van der Waals surface area contributed by atoms with Gasteiger partial charge in [0.05, 0.1) is 9.82 Å². The Morgan fingerprint density at radius 1 is 1.25 bits per heavy atom. The van der Waals surface area contributed by atoms with Crippen molar-refractivity contribution >= 4 is 15.7 Å². The molecule has 1 fully saturated rings. The molecule has 0 amide bonds. The highest BCUT2D eigenvalue weighted by atomic mass is 32.2. The lowest BCUT2D eigenvalue weighted by Crippen LogP contribution is -2.51. The van der Waals surface area contributed by atoms with Gasteiger partial charge in [-0.3, -0.25) is 10.1 Å². The molecule has 2 rings (SSSR count). The first-order chi connectivity index (χ1) is 9.38. The molecular formula is C12H17N3O4S. The third-order valence-electron chi connectivity index (χ3n) is 3.66. The maximum Gasteiger partial charge on any atom is 0.269 e. The summed E-state index contributed by atoms with van der Waals surface area (Å²) in [4.78, 5) is 10.0. The van der Waals surface area contributed by atoms with E-state index in [0.29, 0.717) is 0 Å². The van der Waals surface area contributed by atoms with Crippen LogP contribution in [-0.2, 0) is 10.0 Å². The number of sulfonamides is 1. The molecule has 1 aromatic rings. The van der Waals surface area contributed by atoms with E-state index in [-0.39, 0.29) is 17.1 Å². The summed E-state index contributed by atoms with van der Waals surface area (Å²) in [6.45, 7) is 0.249. The third kappa shape index (κ3) is 2.97. The number of hydrogen-bond donors (Lipinski definition) is 2. The minimum absolute atomic E-state index is 0.0165. The Bertz CT molecular complexity index is 592. The SMILES string of the molecule is NCC1(NS(=O)(=O)c2ccc([N+](=O)[O-])cc2)CCCC1. The van der Waals surface area contributed by atoms with Gasteiger partial charge in [-0.1, -0.05) is 12.8 Å². The predicted octanol–water partition coefficient (Wildman–Crippen LogP) is 1.14. The van der Waals surface area contributed by atoms with Crippen LogP contribution in [0.2, 0.25) is 0 Å². The highest BCUT2D eigenvalue weighted by Crippen LogP contribution is 2.30. The van der Waals surface area contributed by atoms with Crippen LogP contribution in [0.4, 0.5) is 5.69 Å². The monoisotopic (exact) mass is 299 g/mol. The summed E-state index contributed by atoms with van der Waals surface area (Å²) < 4.78 is 27.3. The number of hydrogen-bond acceptors (Lipinski definition) is 5. The lowest BCUT2D eigenvalue weighted by molar-refractivity contribution is -0.384. The lowest BCUT2D eigenvalue weighted by Gasteiger charge is -2.28. The maximum absolute atomic E-state index is 12.3. The van der Waals surface area contributed by atoms with Crippen molar-refractivity contribution in [3.8, 4) is 0 Å². The van der Waals surface area contributed by atoms with Gasteiger partial charge in [-0.2, -0.15) is 0 Å². The van der Waals surface area contributed by atoms with Gasteiger partial charge in [0, 0.05) is 24.2 Å². The van der Waals surface area contributed by atoms with Crippen molar-refractivity contribution in [3.63, 3.8) is 0 Å². The first-order valence-electron chi connectivity index (χ1n) is 6.37. The summed E-state index contributed by atoms with van der Waals surface area (Å²) in [6.07, 6.45) is 3.32. The van der Waals surface area contributed by atoms with E-state index < -0.39 is 20.5 Å². The predicted molar refractivity (Wildman–Crippen MR) is 73.7 cm³/mol. The van der Waals surface area contributed by atoms with Gasteiger partial charge in [-0.05, 0) is 25.0 Å². The zero-order chi connectivity index (χ0) is 14.8. The molecule has 8 heteroatoms. The highest BCUT2D eigenvalue weighted by molar-refractivity contribution is 7.89. The number of benzene rings is 1. The largest absolute Gasteiger partial charge is 0.329 e. The van der Waals surface area contributed by atoms with Gasteiger partial charge in [-0.15, -0.1) is 0 Å². The third-order valence-corrected chi connectivity index (χ3v) is 5.25. The van der Waals surface area contributed by atoms with E-state index in [2.05, 4.69) is 4.72 Å². The topological polar surface area (TPSA) is 115 Å². The number of nitro benzene ring substituents is 1. The number of nitrogens with two attached hydrogens (primary N) is 1. The van der Waals surface area contributed by atoms with Crippen molar-refractivity contribution in [2.45, 2.75) is 36.1 Å². The minimum atomic E-state index is -3.71. The molecule has 0 aliphatic heterocycles. The van der Waals surface area contributed by atoms with E-state index in [9.17, 15) is 18.5 Å². The second-order valence-corrected chi connectivity index (χ2v) is 6.73. The molecule has 20 heavy (non-hydrogen) atoms. The van der Waals surface area contributed by atoms with Crippen LogP contribution < -0.4 is 10.5 Å². The van der Waals surface area contributed by atoms with E-state index in [1.165, 1.54) is 24.3 Å². The molecule has 1 aliphatic rings. The van der Waals surface area contributed by atoms with E-state index in [1.54, 1.807) is 0 Å². The van der Waals surface area contributed by atoms with Crippen LogP contribution in [0.1, 0.15) is 25.7 Å². The van der Waals surface area contributed by atoms with Gasteiger partial charge in [-0.25, -0.2) is 13.1 Å². The Hall–Kier alpha value is -1.51. The number of rotatable bonds is 5. The Morgan fingerprint density at radius 3 is 2.25 bits per heavy atom. The van der Waals surface area contributed by atoms with Crippen molar-refractivity contribution in [2.75, 3.05) is 6.54 Å². The van der Waals surface area contributed by atoms with Gasteiger partial charge < -0.3 is 5.73 Å². The molecular weight excluding hydrogens is 282 g/mol. The highest BCUT2D eigenvalue weighted by Gasteiger charge is 2.36. The number of non-ortho nitro benzene ring substituents is 1. The molecule has 0 radical (unpaired) electrons. The summed E-state index contributed by atoms with van der Waals surface area (Å²) >= 11 is 0. The van der Waals surface area contributed by atoms with Gasteiger partial charge in [0.15, 0.2) is 0 Å². The molecule has 0 spiro atoms. The van der Waals surface area contributed by atoms with Gasteiger partial charge in [0.1, 0.15) is 0 Å². The molecule has 0 atom stereocenters. The first-order valence-corrected chi connectivity index (χ1v) is 7.85. The van der Waals surface area contributed by atoms with Crippen LogP contribution in [0.5, 0.6) is 0 Å². The molecule has 0 heterocycles. The van der Waals surface area contributed by atoms with Crippen LogP contribution in [0.3, 0.4) is 0 Å². The number of nitrogens with zero attached hydrogens (tertiary/aromatic N) is 1. The van der Waals surface area contributed by atoms with Crippen molar-refractivity contribution in [2.24, 2.45) is 5.73 Å². The van der Waals surface area contributed by atoms with Gasteiger partial charge >= 0.3 is 0 Å². The normalized spacial score (nSPS) is 18.1. The smallest absolute Gasteiger partial charge is 0.269 e. The Balaban J connectivity index is 2.23. The quantitative estimate of drug-likeness (QED) is 0.625. The Kier molecular flexibility index (Phi) is 4.07. The lowest BCUT2D eigenvalue weighted by atomic mass is 10.0. The average Bonchev–Trinajstić information content (AvgIpc) is 2.87. The minimum Gasteiger partial charge on any atom is -0.329 e. The van der Waals surface area contributed by atoms with Gasteiger partial charge in [0.25, 0.3) is 5.69 Å². The molecule has 0 saturated heterocycles. The summed E-state index contributed by atoms with van der Waals surface area (Å²) in [5, 5.41) is 10.6. The van der Waals surface area contributed by atoms with E-state index in [0.717, 1.165) is 25.7 Å². The van der Waals surface area contributed by atoms with Crippen LogP contribution in [-0.4, -0.2) is 25.4 Å². The Morgan fingerprint density at radius 2 is 1.80 bits per heavy atom. The van der Waals surface area contributed by atoms with E-state index in [4.69, 9.17) is 5.73 Å². The average molecular weight is 299 g/mol. The molecule has 110 valence electrons.